The Balaban J connectivity index is 1.36. The molecule has 0 aromatic heterocycles. The van der Waals surface area contributed by atoms with Crippen LogP contribution < -0.4 is 0 Å². The topological polar surface area (TPSA) is 71.1 Å². The SMILES string of the molecule is CC1CC2O[C@H](COC(=O)c3ccccc3)C(OC(=O)c3ccccc3)C2(COCc2ccccc2)C1. The van der Waals surface area contributed by atoms with Crippen molar-refractivity contribution in [2.45, 2.75) is 44.7 Å². The smallest absolute Gasteiger partial charge is 0.338 e. The van der Waals surface area contributed by atoms with Crippen molar-refractivity contribution in [2.24, 2.45) is 11.3 Å². The lowest BCUT2D eigenvalue weighted by Gasteiger charge is -2.34. The fourth-order valence-electron chi connectivity index (χ4n) is 5.67. The first-order valence-corrected chi connectivity index (χ1v) is 12.8. The van der Waals surface area contributed by atoms with E-state index in [0.29, 0.717) is 30.3 Å². The summed E-state index contributed by atoms with van der Waals surface area (Å²) in [7, 11) is 0. The van der Waals surface area contributed by atoms with Gasteiger partial charge < -0.3 is 18.9 Å². The summed E-state index contributed by atoms with van der Waals surface area (Å²) in [5.74, 6) is -0.468. The Bertz CT molecular complexity index is 1180. The van der Waals surface area contributed by atoms with Gasteiger partial charge in [-0.1, -0.05) is 73.7 Å². The Morgan fingerprint density at radius 3 is 2.11 bits per heavy atom. The van der Waals surface area contributed by atoms with E-state index in [1.165, 1.54) is 0 Å². The zero-order valence-electron chi connectivity index (χ0n) is 21.0. The summed E-state index contributed by atoms with van der Waals surface area (Å²) in [4.78, 5) is 25.8. The van der Waals surface area contributed by atoms with Gasteiger partial charge in [-0.05, 0) is 48.6 Å². The first-order valence-electron chi connectivity index (χ1n) is 12.8. The molecule has 1 heterocycles. The molecule has 6 heteroatoms. The van der Waals surface area contributed by atoms with E-state index in [9.17, 15) is 9.59 Å². The molecule has 6 nitrogen and oxygen atoms in total. The molecule has 2 fully saturated rings. The Labute approximate surface area is 217 Å². The van der Waals surface area contributed by atoms with E-state index in [-0.39, 0.29) is 12.7 Å². The molecule has 3 aromatic carbocycles. The van der Waals surface area contributed by atoms with Gasteiger partial charge in [-0.15, -0.1) is 0 Å². The van der Waals surface area contributed by atoms with Gasteiger partial charge in [-0.2, -0.15) is 0 Å². The second kappa shape index (κ2) is 11.3. The van der Waals surface area contributed by atoms with Crippen LogP contribution in [0.25, 0.3) is 0 Å². The van der Waals surface area contributed by atoms with Crippen LogP contribution in [0.15, 0.2) is 91.0 Å². The number of fused-ring (bicyclic) bond motifs is 1. The predicted molar refractivity (Wildman–Crippen MR) is 138 cm³/mol. The molecule has 1 aliphatic heterocycles. The highest BCUT2D eigenvalue weighted by Crippen LogP contribution is 2.54. The van der Waals surface area contributed by atoms with Crippen LogP contribution in [0.2, 0.25) is 0 Å². The van der Waals surface area contributed by atoms with E-state index in [0.717, 1.165) is 18.4 Å². The van der Waals surface area contributed by atoms with Gasteiger partial charge in [0.2, 0.25) is 0 Å². The number of benzene rings is 3. The lowest BCUT2D eigenvalue weighted by Crippen LogP contribution is -2.46. The number of hydrogen-bond donors (Lipinski definition) is 0. The van der Waals surface area contributed by atoms with Gasteiger partial charge in [0.15, 0.2) is 0 Å². The summed E-state index contributed by atoms with van der Waals surface area (Å²) >= 11 is 0. The highest BCUT2D eigenvalue weighted by Gasteiger charge is 2.62. The molecule has 192 valence electrons. The van der Waals surface area contributed by atoms with Gasteiger partial charge in [-0.25, -0.2) is 9.59 Å². The molecule has 0 spiro atoms. The Kier molecular flexibility index (Phi) is 7.68. The third kappa shape index (κ3) is 5.60. The van der Waals surface area contributed by atoms with Crippen molar-refractivity contribution < 1.29 is 28.5 Å². The quantitative estimate of drug-likeness (QED) is 0.363. The molecule has 3 aromatic rings. The normalized spacial score (nSPS) is 26.4. The highest BCUT2D eigenvalue weighted by molar-refractivity contribution is 5.90. The van der Waals surface area contributed by atoms with Crippen LogP contribution in [0.1, 0.15) is 46.0 Å². The van der Waals surface area contributed by atoms with Gasteiger partial charge in [0.05, 0.1) is 35.9 Å². The van der Waals surface area contributed by atoms with E-state index in [1.807, 2.05) is 42.5 Å². The van der Waals surface area contributed by atoms with Crippen LogP contribution in [0.4, 0.5) is 0 Å². The average Bonchev–Trinajstić information content (AvgIpc) is 3.39. The zero-order chi connectivity index (χ0) is 25.7. The van der Waals surface area contributed by atoms with Crippen LogP contribution in [0.3, 0.4) is 0 Å². The Morgan fingerprint density at radius 2 is 1.46 bits per heavy atom. The molecule has 1 saturated carbocycles. The molecule has 5 rings (SSSR count). The van der Waals surface area contributed by atoms with E-state index in [2.05, 4.69) is 6.92 Å². The molecule has 0 N–H and O–H groups in total. The summed E-state index contributed by atoms with van der Waals surface area (Å²) < 4.78 is 24.5. The highest BCUT2D eigenvalue weighted by atomic mass is 16.6. The van der Waals surface area contributed by atoms with Crippen molar-refractivity contribution in [1.29, 1.82) is 0 Å². The summed E-state index contributed by atoms with van der Waals surface area (Å²) in [6.07, 6.45) is 0.263. The molecule has 37 heavy (non-hydrogen) atoms. The molecule has 5 atom stereocenters. The zero-order valence-corrected chi connectivity index (χ0v) is 21.0. The van der Waals surface area contributed by atoms with E-state index in [1.54, 1.807) is 48.5 Å². The second-order valence-corrected chi connectivity index (χ2v) is 10.1. The Morgan fingerprint density at radius 1 is 0.865 bits per heavy atom. The maximum Gasteiger partial charge on any atom is 0.338 e. The van der Waals surface area contributed by atoms with Crippen LogP contribution in [-0.4, -0.2) is 43.5 Å². The van der Waals surface area contributed by atoms with Crippen molar-refractivity contribution in [2.75, 3.05) is 13.2 Å². The molecule has 0 amide bonds. The number of hydrogen-bond acceptors (Lipinski definition) is 6. The lowest BCUT2D eigenvalue weighted by atomic mass is 9.78. The van der Waals surface area contributed by atoms with E-state index >= 15 is 0 Å². The summed E-state index contributed by atoms with van der Waals surface area (Å²) in [6.45, 7) is 3.01. The fourth-order valence-corrected chi connectivity index (χ4v) is 5.67. The van der Waals surface area contributed by atoms with Crippen LogP contribution in [-0.2, 0) is 25.6 Å². The fraction of sp³-hybridized carbons (Fsp3) is 0.355. The number of rotatable bonds is 9. The van der Waals surface area contributed by atoms with Gasteiger partial charge in [-0.3, -0.25) is 0 Å². The van der Waals surface area contributed by atoms with Gasteiger partial charge in [0.25, 0.3) is 0 Å². The van der Waals surface area contributed by atoms with Gasteiger partial charge in [0.1, 0.15) is 18.8 Å². The van der Waals surface area contributed by atoms with Gasteiger partial charge in [0, 0.05) is 0 Å². The van der Waals surface area contributed by atoms with Crippen molar-refractivity contribution in [3.63, 3.8) is 0 Å². The molecule has 0 radical (unpaired) electrons. The van der Waals surface area contributed by atoms with Gasteiger partial charge >= 0.3 is 11.9 Å². The second-order valence-electron chi connectivity index (χ2n) is 10.1. The van der Waals surface area contributed by atoms with E-state index < -0.39 is 29.6 Å². The molecule has 4 unspecified atom stereocenters. The van der Waals surface area contributed by atoms with Crippen molar-refractivity contribution >= 4 is 11.9 Å². The molecular formula is C31H32O6. The monoisotopic (exact) mass is 500 g/mol. The number of esters is 2. The minimum Gasteiger partial charge on any atom is -0.459 e. The summed E-state index contributed by atoms with van der Waals surface area (Å²) in [5, 5.41) is 0. The van der Waals surface area contributed by atoms with Crippen LogP contribution in [0, 0.1) is 11.3 Å². The van der Waals surface area contributed by atoms with Crippen molar-refractivity contribution in [3.05, 3.63) is 108 Å². The largest absolute Gasteiger partial charge is 0.459 e. The van der Waals surface area contributed by atoms with Crippen LogP contribution >= 0.6 is 0 Å². The summed E-state index contributed by atoms with van der Waals surface area (Å²) in [6, 6.07) is 27.8. The number of carbonyl (C=O) groups excluding carboxylic acids is 2. The van der Waals surface area contributed by atoms with Crippen LogP contribution in [0.5, 0.6) is 0 Å². The maximum absolute atomic E-state index is 13.2. The molecule has 1 saturated heterocycles. The third-order valence-corrected chi connectivity index (χ3v) is 7.34. The standard InChI is InChI=1S/C31H32O6/c1-22-17-27-31(18-22,21-34-19-23-11-5-2-6-12-23)28(37-30(33)25-15-9-4-10-16-25)26(36-27)20-35-29(32)24-13-7-3-8-14-24/h2-16,22,26-28H,17-21H2,1H3/t22?,26-,27?,28?,31?/m1/s1. The predicted octanol–water partition coefficient (Wildman–Crippen LogP) is 5.47. The molecule has 0 bridgehead atoms. The van der Waals surface area contributed by atoms with Crippen molar-refractivity contribution in [3.8, 4) is 0 Å². The minimum atomic E-state index is -0.616. The van der Waals surface area contributed by atoms with E-state index in [4.69, 9.17) is 18.9 Å². The lowest BCUT2D eigenvalue weighted by molar-refractivity contribution is -0.0613. The maximum atomic E-state index is 13.2. The number of carbonyl (C=O) groups is 2. The average molecular weight is 501 g/mol. The minimum absolute atomic E-state index is 0.00815. The molecule has 1 aliphatic carbocycles. The number of ether oxygens (including phenoxy) is 4. The first-order chi connectivity index (χ1) is 18.0. The third-order valence-electron chi connectivity index (χ3n) is 7.34. The first kappa shape index (κ1) is 25.2. The molecular weight excluding hydrogens is 468 g/mol. The molecule has 2 aliphatic rings. The summed E-state index contributed by atoms with van der Waals surface area (Å²) in [5.41, 5.74) is 1.49. The Hall–Kier alpha value is -3.48. The van der Waals surface area contributed by atoms with Crippen molar-refractivity contribution in [1.82, 2.24) is 0 Å².